The molecule has 2 aromatic carbocycles. The molecule has 0 radical (unpaired) electrons. The minimum atomic E-state index is -3.57. The highest BCUT2D eigenvalue weighted by Gasteiger charge is 2.24. The largest absolute Gasteiger partial charge is 0.391 e. The molecule has 4 rings (SSSR count). The first-order valence-corrected chi connectivity index (χ1v) is 13.6. The molecular formula is C23H26ClN3O4S2. The first kappa shape index (κ1) is 23.9. The van der Waals surface area contributed by atoms with Crippen LogP contribution in [0.25, 0.3) is 10.8 Å². The fraction of sp³-hybridized carbons (Fsp3) is 0.391. The molecule has 176 valence electrons. The summed E-state index contributed by atoms with van der Waals surface area (Å²) in [6, 6.07) is 10.4. The van der Waals surface area contributed by atoms with Crippen molar-refractivity contribution in [3.63, 3.8) is 0 Å². The highest BCUT2D eigenvalue weighted by atomic mass is 35.5. The number of aliphatic hydroxyl groups is 1. The summed E-state index contributed by atoms with van der Waals surface area (Å²) in [5.74, 6) is -0.363. The number of rotatable bonds is 6. The van der Waals surface area contributed by atoms with Crippen LogP contribution in [0.5, 0.6) is 0 Å². The molecule has 1 amide bonds. The zero-order valence-electron chi connectivity index (χ0n) is 18.3. The zero-order valence-corrected chi connectivity index (χ0v) is 20.7. The number of carbonyl (C=O) groups is 1. The predicted octanol–water partition coefficient (Wildman–Crippen LogP) is 3.14. The molecule has 10 heteroatoms. The number of likely N-dealkylation sites (tertiary alicyclic amines) is 1. The Hall–Kier alpha value is -2.20. The molecule has 7 nitrogen and oxygen atoms in total. The first-order chi connectivity index (χ1) is 15.7. The van der Waals surface area contributed by atoms with E-state index in [4.69, 9.17) is 16.6 Å². The van der Waals surface area contributed by atoms with Gasteiger partial charge in [-0.1, -0.05) is 35.1 Å². The number of fused-ring (bicyclic) bond motifs is 1. The summed E-state index contributed by atoms with van der Waals surface area (Å²) in [6.07, 6.45) is 3.30. The molecule has 33 heavy (non-hydrogen) atoms. The van der Waals surface area contributed by atoms with Gasteiger partial charge in [-0.25, -0.2) is 8.42 Å². The number of amides is 1. The van der Waals surface area contributed by atoms with Crippen LogP contribution < -0.4 is 4.80 Å². The first-order valence-electron chi connectivity index (χ1n) is 10.7. The summed E-state index contributed by atoms with van der Waals surface area (Å²) < 4.78 is 27.5. The fourth-order valence-corrected chi connectivity index (χ4v) is 6.31. The third kappa shape index (κ3) is 5.66. The average molecular weight is 508 g/mol. The van der Waals surface area contributed by atoms with Crippen LogP contribution in [-0.2, 0) is 28.3 Å². The number of aromatic nitrogens is 1. The maximum absolute atomic E-state index is 12.8. The van der Waals surface area contributed by atoms with Gasteiger partial charge in [0.1, 0.15) is 0 Å². The molecular weight excluding hydrogens is 482 g/mol. The van der Waals surface area contributed by atoms with Crippen LogP contribution in [-0.4, -0.2) is 53.8 Å². The van der Waals surface area contributed by atoms with Crippen LogP contribution >= 0.6 is 22.9 Å². The highest BCUT2D eigenvalue weighted by molar-refractivity contribution is 7.91. The van der Waals surface area contributed by atoms with Gasteiger partial charge in [0, 0.05) is 42.7 Å². The van der Waals surface area contributed by atoms with Gasteiger partial charge in [0.25, 0.3) is 0 Å². The molecule has 0 unspecified atom stereocenters. The maximum atomic E-state index is 12.8. The van der Waals surface area contributed by atoms with Crippen molar-refractivity contribution in [2.45, 2.75) is 36.8 Å². The summed E-state index contributed by atoms with van der Waals surface area (Å²) in [4.78, 5) is 21.1. The van der Waals surface area contributed by atoms with Crippen molar-refractivity contribution in [3.05, 3.63) is 57.3 Å². The summed E-state index contributed by atoms with van der Waals surface area (Å²) >= 11 is 7.46. The van der Waals surface area contributed by atoms with Gasteiger partial charge >= 0.3 is 0 Å². The average Bonchev–Trinajstić information content (AvgIpc) is 3.16. The second-order valence-electron chi connectivity index (χ2n) is 8.21. The topological polar surface area (TPSA) is 92.0 Å². The molecule has 0 spiro atoms. The van der Waals surface area contributed by atoms with E-state index in [-0.39, 0.29) is 35.6 Å². The van der Waals surface area contributed by atoms with Crippen LogP contribution in [0.1, 0.15) is 24.1 Å². The van der Waals surface area contributed by atoms with Crippen LogP contribution in [0.2, 0.25) is 5.02 Å². The molecule has 1 aromatic heterocycles. The number of thiazole rings is 1. The van der Waals surface area contributed by atoms with Crippen molar-refractivity contribution in [1.29, 1.82) is 0 Å². The number of benzene rings is 2. The van der Waals surface area contributed by atoms with Gasteiger partial charge in [-0.3, -0.25) is 9.79 Å². The molecule has 0 aliphatic carbocycles. The van der Waals surface area contributed by atoms with Crippen molar-refractivity contribution in [1.82, 2.24) is 9.47 Å². The minimum absolute atomic E-state index is 0.00254. The van der Waals surface area contributed by atoms with Crippen molar-refractivity contribution in [2.75, 3.05) is 18.8 Å². The number of aryl methyl sites for hydroxylation is 1. The predicted molar refractivity (Wildman–Crippen MR) is 130 cm³/mol. The number of halogens is 1. The quantitative estimate of drug-likeness (QED) is 0.554. The SMILES string of the molecule is Cn1cc(CO)sc1=NC1CCN(C(=O)CCS(=O)(=O)c2ccc3cc(Cl)ccc3c2)CC1. The molecule has 1 N–H and O–H groups in total. The molecule has 0 bridgehead atoms. The van der Waals surface area contributed by atoms with Gasteiger partial charge < -0.3 is 14.6 Å². The molecule has 1 saturated heterocycles. The molecule has 0 saturated carbocycles. The lowest BCUT2D eigenvalue weighted by atomic mass is 10.1. The molecule has 2 heterocycles. The Kier molecular flexibility index (Phi) is 7.23. The normalized spacial score (nSPS) is 16.0. The van der Waals surface area contributed by atoms with E-state index in [1.807, 2.05) is 17.8 Å². The molecule has 0 atom stereocenters. The van der Waals surface area contributed by atoms with Gasteiger partial charge in [0.2, 0.25) is 5.91 Å². The number of hydrogen-bond donors (Lipinski definition) is 1. The van der Waals surface area contributed by atoms with Gasteiger partial charge in [0.05, 0.1) is 23.3 Å². The van der Waals surface area contributed by atoms with Crippen molar-refractivity contribution in [3.8, 4) is 0 Å². The van der Waals surface area contributed by atoms with Crippen molar-refractivity contribution < 1.29 is 18.3 Å². The fourth-order valence-electron chi connectivity index (χ4n) is 3.96. The lowest BCUT2D eigenvalue weighted by Crippen LogP contribution is -2.40. The number of nitrogens with zero attached hydrogens (tertiary/aromatic N) is 3. The van der Waals surface area contributed by atoms with Gasteiger partial charge in [-0.05, 0) is 47.9 Å². The second-order valence-corrected chi connectivity index (χ2v) is 11.9. The lowest BCUT2D eigenvalue weighted by Gasteiger charge is -2.30. The third-order valence-corrected chi connectivity index (χ3v) is 8.87. The van der Waals surface area contributed by atoms with Gasteiger partial charge in [0.15, 0.2) is 14.6 Å². The number of carbonyl (C=O) groups excluding carboxylic acids is 1. The smallest absolute Gasteiger partial charge is 0.223 e. The maximum Gasteiger partial charge on any atom is 0.223 e. The van der Waals surface area contributed by atoms with E-state index in [0.29, 0.717) is 18.1 Å². The summed E-state index contributed by atoms with van der Waals surface area (Å²) in [6.45, 7) is 1.12. The Bertz CT molecular complexity index is 1340. The van der Waals surface area contributed by atoms with Crippen LogP contribution in [0, 0.1) is 0 Å². The Morgan fingerprint density at radius 2 is 1.88 bits per heavy atom. The Morgan fingerprint density at radius 3 is 2.58 bits per heavy atom. The number of aliphatic hydroxyl groups excluding tert-OH is 1. The monoisotopic (exact) mass is 507 g/mol. The van der Waals surface area contributed by atoms with Gasteiger partial charge in [-0.15, -0.1) is 0 Å². The molecule has 3 aromatic rings. The number of sulfone groups is 1. The summed E-state index contributed by atoms with van der Waals surface area (Å²) in [7, 11) is -1.67. The van der Waals surface area contributed by atoms with E-state index < -0.39 is 9.84 Å². The van der Waals surface area contributed by atoms with E-state index in [9.17, 15) is 18.3 Å². The highest BCUT2D eigenvalue weighted by Crippen LogP contribution is 2.24. The van der Waals surface area contributed by atoms with Gasteiger partial charge in [-0.2, -0.15) is 0 Å². The number of piperidine rings is 1. The van der Waals surface area contributed by atoms with Crippen LogP contribution in [0.15, 0.2) is 52.5 Å². The third-order valence-electron chi connectivity index (χ3n) is 5.85. The minimum Gasteiger partial charge on any atom is -0.391 e. The van der Waals surface area contributed by atoms with E-state index in [1.165, 1.54) is 11.3 Å². The lowest BCUT2D eigenvalue weighted by molar-refractivity contribution is -0.131. The van der Waals surface area contributed by atoms with E-state index in [1.54, 1.807) is 41.3 Å². The van der Waals surface area contributed by atoms with Crippen LogP contribution in [0.3, 0.4) is 0 Å². The van der Waals surface area contributed by atoms with E-state index >= 15 is 0 Å². The summed E-state index contributed by atoms with van der Waals surface area (Å²) in [5.41, 5.74) is 0. The standard InChI is InChI=1S/C23H26ClN3O4S2/c1-26-14-20(15-28)32-23(26)25-19-6-9-27(10-7-19)22(29)8-11-33(30,31)21-5-3-16-12-18(24)4-2-17(16)13-21/h2-5,12-14,19,28H,6-11,15H2,1H3. The Morgan fingerprint density at radius 1 is 1.18 bits per heavy atom. The molecule has 1 aliphatic heterocycles. The summed E-state index contributed by atoms with van der Waals surface area (Å²) in [5, 5.41) is 11.5. The zero-order chi connectivity index (χ0) is 23.6. The second kappa shape index (κ2) is 9.97. The molecule has 1 fully saturated rings. The Balaban J connectivity index is 1.34. The number of hydrogen-bond acceptors (Lipinski definition) is 6. The molecule has 1 aliphatic rings. The van der Waals surface area contributed by atoms with Crippen LogP contribution in [0.4, 0.5) is 0 Å². The van der Waals surface area contributed by atoms with E-state index in [2.05, 4.69) is 0 Å². The Labute approximate surface area is 201 Å². The van der Waals surface area contributed by atoms with Crippen molar-refractivity contribution >= 4 is 49.5 Å². The van der Waals surface area contributed by atoms with Crippen molar-refractivity contribution in [2.24, 2.45) is 12.0 Å². The van der Waals surface area contributed by atoms with E-state index in [0.717, 1.165) is 33.3 Å².